The molecule has 0 atom stereocenters. The summed E-state index contributed by atoms with van der Waals surface area (Å²) >= 11 is 0. The number of rotatable bonds is 5. The number of benzene rings is 1. The SMILES string of the molecule is Cc1oc(-n2cccc2)c(C#N)c1C(=O)OCC(=O)c1ccc2c(c1)CC(=O)N2C. The van der Waals surface area contributed by atoms with Gasteiger partial charge in [0.2, 0.25) is 11.8 Å². The van der Waals surface area contributed by atoms with E-state index in [9.17, 15) is 19.6 Å². The molecule has 0 spiro atoms. The highest BCUT2D eigenvalue weighted by atomic mass is 16.5. The number of anilines is 1. The van der Waals surface area contributed by atoms with Gasteiger partial charge >= 0.3 is 5.97 Å². The third-order valence-electron chi connectivity index (χ3n) is 5.03. The molecule has 0 saturated heterocycles. The van der Waals surface area contributed by atoms with Crippen LogP contribution in [0.15, 0.2) is 47.1 Å². The molecule has 1 aromatic carbocycles. The summed E-state index contributed by atoms with van der Waals surface area (Å²) in [6.07, 6.45) is 3.61. The lowest BCUT2D eigenvalue weighted by Gasteiger charge is -2.10. The molecule has 30 heavy (non-hydrogen) atoms. The second-order valence-electron chi connectivity index (χ2n) is 6.89. The standard InChI is InChI=1S/C22H17N3O5/c1-13-20(16(11-23)21(30-13)25-7-3-4-8-25)22(28)29-12-18(26)14-5-6-17-15(9-14)10-19(27)24(17)2/h3-9H,10,12H2,1-2H3. The van der Waals surface area contributed by atoms with Gasteiger partial charge in [0.05, 0.1) is 6.42 Å². The number of ketones is 1. The number of amides is 1. The number of esters is 1. The van der Waals surface area contributed by atoms with Crippen LogP contribution < -0.4 is 4.90 Å². The van der Waals surface area contributed by atoms with Crippen LogP contribution in [0.3, 0.4) is 0 Å². The number of ether oxygens (including phenoxy) is 1. The third-order valence-corrected chi connectivity index (χ3v) is 5.03. The van der Waals surface area contributed by atoms with E-state index in [1.54, 1.807) is 61.3 Å². The number of nitriles is 1. The van der Waals surface area contributed by atoms with Gasteiger partial charge in [-0.25, -0.2) is 4.79 Å². The van der Waals surface area contributed by atoms with Crippen LogP contribution in [-0.2, 0) is 16.0 Å². The van der Waals surface area contributed by atoms with Gasteiger partial charge in [-0.15, -0.1) is 0 Å². The van der Waals surface area contributed by atoms with E-state index < -0.39 is 18.4 Å². The van der Waals surface area contributed by atoms with Crippen LogP contribution in [0, 0.1) is 18.3 Å². The Bertz CT molecular complexity index is 1210. The molecule has 3 aromatic rings. The van der Waals surface area contributed by atoms with Gasteiger partial charge in [0, 0.05) is 30.7 Å². The maximum atomic E-state index is 12.6. The maximum Gasteiger partial charge on any atom is 0.343 e. The van der Waals surface area contributed by atoms with Gasteiger partial charge in [-0.2, -0.15) is 5.26 Å². The van der Waals surface area contributed by atoms with E-state index in [0.717, 1.165) is 11.3 Å². The van der Waals surface area contributed by atoms with E-state index in [2.05, 4.69) is 0 Å². The lowest BCUT2D eigenvalue weighted by molar-refractivity contribution is -0.117. The number of fused-ring (bicyclic) bond motifs is 1. The van der Waals surface area contributed by atoms with Crippen LogP contribution in [0.25, 0.3) is 5.88 Å². The average molecular weight is 403 g/mol. The minimum absolute atomic E-state index is 0.00447. The molecule has 0 saturated carbocycles. The maximum absolute atomic E-state index is 12.6. The number of furan rings is 1. The number of carbonyl (C=O) groups is 3. The number of nitrogens with zero attached hydrogens (tertiary/aromatic N) is 3. The Morgan fingerprint density at radius 3 is 2.70 bits per heavy atom. The van der Waals surface area contributed by atoms with Crippen molar-refractivity contribution >= 4 is 23.3 Å². The Balaban J connectivity index is 1.51. The van der Waals surface area contributed by atoms with Crippen molar-refractivity contribution in [1.82, 2.24) is 4.57 Å². The quantitative estimate of drug-likeness (QED) is 0.479. The van der Waals surface area contributed by atoms with Crippen LogP contribution in [0.4, 0.5) is 5.69 Å². The molecule has 0 unspecified atom stereocenters. The number of carbonyl (C=O) groups excluding carboxylic acids is 3. The molecule has 0 fully saturated rings. The Labute approximate surface area is 171 Å². The van der Waals surface area contributed by atoms with Crippen molar-refractivity contribution in [3.8, 4) is 12.0 Å². The lowest BCUT2D eigenvalue weighted by atomic mass is 10.1. The fraction of sp³-hybridized carbons (Fsp3) is 0.182. The zero-order valence-electron chi connectivity index (χ0n) is 16.3. The van der Waals surface area contributed by atoms with E-state index in [0.29, 0.717) is 5.56 Å². The van der Waals surface area contributed by atoms with Gasteiger partial charge in [0.1, 0.15) is 23.0 Å². The zero-order valence-corrected chi connectivity index (χ0v) is 16.3. The van der Waals surface area contributed by atoms with Crippen LogP contribution >= 0.6 is 0 Å². The molecule has 0 radical (unpaired) electrons. The molecule has 4 rings (SSSR count). The number of hydrogen-bond acceptors (Lipinski definition) is 6. The molecule has 2 aromatic heterocycles. The summed E-state index contributed by atoms with van der Waals surface area (Å²) in [4.78, 5) is 38.4. The molecule has 0 aliphatic carbocycles. The fourth-order valence-electron chi connectivity index (χ4n) is 3.46. The van der Waals surface area contributed by atoms with Gasteiger partial charge in [0.15, 0.2) is 12.4 Å². The first-order chi connectivity index (χ1) is 14.4. The predicted molar refractivity (Wildman–Crippen MR) is 106 cm³/mol. The second-order valence-corrected chi connectivity index (χ2v) is 6.89. The summed E-state index contributed by atoms with van der Waals surface area (Å²) in [5.74, 6) is -0.814. The number of likely N-dealkylation sites (N-methyl/N-ethyl adjacent to an activating group) is 1. The summed E-state index contributed by atoms with van der Waals surface area (Å²) in [6, 6.07) is 10.4. The number of aromatic nitrogens is 1. The van der Waals surface area contributed by atoms with Crippen molar-refractivity contribution in [1.29, 1.82) is 5.26 Å². The Hall–Kier alpha value is -4.12. The Morgan fingerprint density at radius 1 is 1.27 bits per heavy atom. The molecule has 3 heterocycles. The first-order valence-corrected chi connectivity index (χ1v) is 9.17. The van der Waals surface area contributed by atoms with Crippen molar-refractivity contribution < 1.29 is 23.5 Å². The van der Waals surface area contributed by atoms with Gasteiger partial charge in [-0.05, 0) is 42.8 Å². The smallest absolute Gasteiger partial charge is 0.343 e. The van der Waals surface area contributed by atoms with Gasteiger partial charge in [-0.3, -0.25) is 14.2 Å². The predicted octanol–water partition coefficient (Wildman–Crippen LogP) is 2.81. The van der Waals surface area contributed by atoms with E-state index >= 15 is 0 Å². The fourth-order valence-corrected chi connectivity index (χ4v) is 3.46. The topological polar surface area (TPSA) is 106 Å². The number of hydrogen-bond donors (Lipinski definition) is 0. The van der Waals surface area contributed by atoms with Crippen molar-refractivity contribution in [3.63, 3.8) is 0 Å². The molecule has 1 aliphatic heterocycles. The Kier molecular flexibility index (Phi) is 4.72. The molecule has 8 nitrogen and oxygen atoms in total. The minimum Gasteiger partial charge on any atom is -0.454 e. The first kappa shape index (κ1) is 19.2. The summed E-state index contributed by atoms with van der Waals surface area (Å²) < 4.78 is 12.3. The van der Waals surface area contributed by atoms with Gasteiger partial charge < -0.3 is 14.1 Å². The zero-order chi connectivity index (χ0) is 21.4. The van der Waals surface area contributed by atoms with Crippen LogP contribution in [0.1, 0.15) is 37.6 Å². The number of aryl methyl sites for hydroxylation is 1. The van der Waals surface area contributed by atoms with Crippen molar-refractivity contribution in [3.05, 3.63) is 70.7 Å². The highest BCUT2D eigenvalue weighted by Crippen LogP contribution is 2.29. The molecule has 1 amide bonds. The van der Waals surface area contributed by atoms with Gasteiger partial charge in [0.25, 0.3) is 0 Å². The van der Waals surface area contributed by atoms with Gasteiger partial charge in [-0.1, -0.05) is 0 Å². The van der Waals surface area contributed by atoms with E-state index in [1.165, 1.54) is 4.90 Å². The Morgan fingerprint density at radius 2 is 2.00 bits per heavy atom. The van der Waals surface area contributed by atoms with Crippen molar-refractivity contribution in [2.24, 2.45) is 0 Å². The van der Waals surface area contributed by atoms with Crippen LogP contribution in [-0.4, -0.2) is 35.9 Å². The van der Waals surface area contributed by atoms with E-state index in [-0.39, 0.29) is 35.1 Å². The summed E-state index contributed by atoms with van der Waals surface area (Å²) in [6.45, 7) is 1.07. The molecular weight excluding hydrogens is 386 g/mol. The molecular formula is C22H17N3O5. The summed E-state index contributed by atoms with van der Waals surface area (Å²) in [7, 11) is 1.68. The number of Topliss-reactive ketones (excluding diaryl/α,β-unsaturated/α-hetero) is 1. The van der Waals surface area contributed by atoms with E-state index in [1.807, 2.05) is 6.07 Å². The minimum atomic E-state index is -0.810. The van der Waals surface area contributed by atoms with E-state index in [4.69, 9.17) is 9.15 Å². The molecule has 0 bridgehead atoms. The van der Waals surface area contributed by atoms with Crippen molar-refractivity contribution in [2.75, 3.05) is 18.6 Å². The van der Waals surface area contributed by atoms with Crippen LogP contribution in [0.2, 0.25) is 0 Å². The molecule has 8 heteroatoms. The molecule has 150 valence electrons. The second kappa shape index (κ2) is 7.37. The third kappa shape index (κ3) is 3.16. The normalized spacial score (nSPS) is 12.6. The molecule has 0 N–H and O–H groups in total. The lowest BCUT2D eigenvalue weighted by Crippen LogP contribution is -2.20. The first-order valence-electron chi connectivity index (χ1n) is 9.17. The average Bonchev–Trinajstić information content (AvgIpc) is 3.44. The highest BCUT2D eigenvalue weighted by Gasteiger charge is 2.27. The highest BCUT2D eigenvalue weighted by molar-refractivity contribution is 6.04. The van der Waals surface area contributed by atoms with Crippen molar-refractivity contribution in [2.45, 2.75) is 13.3 Å². The monoisotopic (exact) mass is 403 g/mol. The molecule has 1 aliphatic rings. The largest absolute Gasteiger partial charge is 0.454 e. The van der Waals surface area contributed by atoms with Crippen LogP contribution in [0.5, 0.6) is 0 Å². The summed E-state index contributed by atoms with van der Waals surface area (Å²) in [5.41, 5.74) is 1.91. The summed E-state index contributed by atoms with van der Waals surface area (Å²) in [5, 5.41) is 9.52.